The molecule has 2 bridgehead atoms. The molecule has 0 radical (unpaired) electrons. The van der Waals surface area contributed by atoms with Gasteiger partial charge in [0.05, 0.1) is 0 Å². The summed E-state index contributed by atoms with van der Waals surface area (Å²) in [6.07, 6.45) is 11.3. The van der Waals surface area contributed by atoms with Gasteiger partial charge in [-0.2, -0.15) is 0 Å². The number of fused-ring (bicyclic) bond motifs is 2. The highest BCUT2D eigenvalue weighted by Crippen LogP contribution is 2.68. The Bertz CT molecular complexity index is 934. The third-order valence-electron chi connectivity index (χ3n) is 9.53. The van der Waals surface area contributed by atoms with E-state index in [0.717, 1.165) is 24.2 Å². The van der Waals surface area contributed by atoms with E-state index in [1.165, 1.54) is 72.8 Å². The van der Waals surface area contributed by atoms with Crippen LogP contribution in [-0.2, 0) is 0 Å². The molecule has 0 saturated heterocycles. The third kappa shape index (κ3) is 3.89. The molecular weight excluding hydrogens is 384 g/mol. The standard InChI is InChI=1S/C32H42/c1-6-28(26-15-16-27(19-26)29-17-18-31(4)20-32(29,5)21-31)30(24-11-7-22(2)8-12-24)25-13-9-23(3)10-14-25/h7-14,26-27,29H,6,15-21H2,1-5H3. The van der Waals surface area contributed by atoms with Crippen LogP contribution >= 0.6 is 0 Å². The van der Waals surface area contributed by atoms with E-state index >= 15 is 0 Å². The molecule has 0 N–H and O–H groups in total. The van der Waals surface area contributed by atoms with Crippen LogP contribution in [0.25, 0.3) is 5.57 Å². The number of benzene rings is 2. The number of hydrogen-bond donors (Lipinski definition) is 0. The van der Waals surface area contributed by atoms with Gasteiger partial charge >= 0.3 is 0 Å². The first-order valence-electron chi connectivity index (χ1n) is 13.2. The average Bonchev–Trinajstić information content (AvgIpc) is 3.22. The number of rotatable bonds is 5. The lowest BCUT2D eigenvalue weighted by Gasteiger charge is -2.63. The zero-order valence-electron chi connectivity index (χ0n) is 21.0. The van der Waals surface area contributed by atoms with E-state index in [4.69, 9.17) is 0 Å². The Kier molecular flexibility index (Phi) is 5.63. The van der Waals surface area contributed by atoms with Gasteiger partial charge in [-0.3, -0.25) is 0 Å². The van der Waals surface area contributed by atoms with Gasteiger partial charge in [-0.05, 0) is 110 Å². The fourth-order valence-corrected chi connectivity index (χ4v) is 8.34. The molecule has 6 rings (SSSR count). The van der Waals surface area contributed by atoms with E-state index in [0.29, 0.717) is 10.8 Å². The smallest absolute Gasteiger partial charge is 0.0117 e. The molecule has 32 heavy (non-hydrogen) atoms. The van der Waals surface area contributed by atoms with E-state index in [9.17, 15) is 0 Å². The summed E-state index contributed by atoms with van der Waals surface area (Å²) in [5, 5.41) is 0. The van der Waals surface area contributed by atoms with Gasteiger partial charge in [0.2, 0.25) is 0 Å². The molecule has 0 aromatic heterocycles. The van der Waals surface area contributed by atoms with Gasteiger partial charge in [0, 0.05) is 0 Å². The van der Waals surface area contributed by atoms with Crippen molar-refractivity contribution < 1.29 is 0 Å². The molecule has 4 aliphatic carbocycles. The van der Waals surface area contributed by atoms with Crippen LogP contribution in [0.15, 0.2) is 54.1 Å². The third-order valence-corrected chi connectivity index (χ3v) is 9.53. The van der Waals surface area contributed by atoms with Gasteiger partial charge in [-0.15, -0.1) is 0 Å². The maximum Gasteiger partial charge on any atom is -0.0117 e. The first-order valence-corrected chi connectivity index (χ1v) is 13.2. The van der Waals surface area contributed by atoms with Gasteiger partial charge in [-0.1, -0.05) is 86.0 Å². The van der Waals surface area contributed by atoms with Crippen molar-refractivity contribution >= 4 is 5.57 Å². The second-order valence-electron chi connectivity index (χ2n) is 12.2. The SMILES string of the molecule is CCC(=C(c1ccc(C)cc1)c1ccc(C)cc1)C1CCC(C2CCC3(C)CC2(C)C3)C1. The Labute approximate surface area is 196 Å². The van der Waals surface area contributed by atoms with E-state index in [-0.39, 0.29) is 0 Å². The fraction of sp³-hybridized carbons (Fsp3) is 0.562. The zero-order valence-corrected chi connectivity index (χ0v) is 21.0. The van der Waals surface area contributed by atoms with Crippen LogP contribution in [0.1, 0.15) is 94.4 Å². The molecule has 4 aliphatic rings. The fourth-order valence-electron chi connectivity index (χ4n) is 8.34. The van der Waals surface area contributed by atoms with Crippen molar-refractivity contribution in [1.29, 1.82) is 0 Å². The molecule has 0 heterocycles. The van der Waals surface area contributed by atoms with Crippen molar-refractivity contribution in [2.45, 2.75) is 86.0 Å². The van der Waals surface area contributed by atoms with Crippen LogP contribution in [0.2, 0.25) is 0 Å². The summed E-state index contributed by atoms with van der Waals surface area (Å²) in [6.45, 7) is 11.9. The molecule has 0 aliphatic heterocycles. The maximum absolute atomic E-state index is 2.62. The lowest BCUT2D eigenvalue weighted by atomic mass is 9.42. The summed E-state index contributed by atoms with van der Waals surface area (Å²) in [6, 6.07) is 18.5. The van der Waals surface area contributed by atoms with E-state index in [1.807, 2.05) is 0 Å². The first kappa shape index (κ1) is 22.0. The highest BCUT2D eigenvalue weighted by molar-refractivity contribution is 5.82. The summed E-state index contributed by atoms with van der Waals surface area (Å²) in [7, 11) is 0. The van der Waals surface area contributed by atoms with Crippen LogP contribution in [0.4, 0.5) is 0 Å². The van der Waals surface area contributed by atoms with Crippen molar-refractivity contribution in [3.63, 3.8) is 0 Å². The second kappa shape index (κ2) is 8.19. The number of hydrogen-bond acceptors (Lipinski definition) is 0. The highest BCUT2D eigenvalue weighted by atomic mass is 14.6. The van der Waals surface area contributed by atoms with Crippen LogP contribution in [-0.4, -0.2) is 0 Å². The average molecular weight is 427 g/mol. The predicted octanol–water partition coefficient (Wildman–Crippen LogP) is 9.15. The van der Waals surface area contributed by atoms with Gasteiger partial charge in [-0.25, -0.2) is 0 Å². The molecule has 4 saturated carbocycles. The summed E-state index contributed by atoms with van der Waals surface area (Å²) >= 11 is 0. The molecule has 0 heteroatoms. The molecule has 3 atom stereocenters. The van der Waals surface area contributed by atoms with Crippen molar-refractivity contribution in [1.82, 2.24) is 0 Å². The molecule has 170 valence electrons. The normalized spacial score (nSPS) is 33.6. The number of aryl methyl sites for hydroxylation is 2. The highest BCUT2D eigenvalue weighted by Gasteiger charge is 2.58. The number of allylic oxidation sites excluding steroid dienone is 1. The van der Waals surface area contributed by atoms with Gasteiger partial charge in [0.25, 0.3) is 0 Å². The van der Waals surface area contributed by atoms with Crippen molar-refractivity contribution in [3.05, 3.63) is 76.4 Å². The first-order chi connectivity index (χ1) is 15.3. The monoisotopic (exact) mass is 426 g/mol. The summed E-state index contributed by atoms with van der Waals surface area (Å²) in [5.41, 5.74) is 10.0. The lowest BCUT2D eigenvalue weighted by molar-refractivity contribution is -0.132. The Morgan fingerprint density at radius 3 is 1.88 bits per heavy atom. The summed E-state index contributed by atoms with van der Waals surface area (Å²) < 4.78 is 0. The zero-order chi connectivity index (χ0) is 22.5. The molecule has 4 fully saturated rings. The van der Waals surface area contributed by atoms with E-state index in [2.05, 4.69) is 83.1 Å². The van der Waals surface area contributed by atoms with Crippen LogP contribution in [0, 0.1) is 42.4 Å². The quantitative estimate of drug-likeness (QED) is 0.447. The summed E-state index contributed by atoms with van der Waals surface area (Å²) in [5.74, 6) is 2.66. The van der Waals surface area contributed by atoms with Crippen molar-refractivity contribution in [2.75, 3.05) is 0 Å². The molecule has 0 spiro atoms. The van der Waals surface area contributed by atoms with Gasteiger partial charge in [0.15, 0.2) is 0 Å². The Hall–Kier alpha value is -1.82. The topological polar surface area (TPSA) is 0 Å². The van der Waals surface area contributed by atoms with Crippen molar-refractivity contribution in [2.24, 2.45) is 28.6 Å². The predicted molar refractivity (Wildman–Crippen MR) is 138 cm³/mol. The molecule has 3 unspecified atom stereocenters. The Morgan fingerprint density at radius 1 is 0.812 bits per heavy atom. The largest absolute Gasteiger partial charge is 0.0616 e. The van der Waals surface area contributed by atoms with E-state index < -0.39 is 0 Å². The molecule has 0 nitrogen and oxygen atoms in total. The minimum Gasteiger partial charge on any atom is -0.0616 e. The van der Waals surface area contributed by atoms with Crippen LogP contribution in [0.3, 0.4) is 0 Å². The lowest BCUT2D eigenvalue weighted by Crippen LogP contribution is -2.53. The minimum atomic E-state index is 0.638. The molecular formula is C32H42. The second-order valence-corrected chi connectivity index (χ2v) is 12.2. The minimum absolute atomic E-state index is 0.638. The van der Waals surface area contributed by atoms with E-state index in [1.54, 1.807) is 5.57 Å². The van der Waals surface area contributed by atoms with Gasteiger partial charge < -0.3 is 0 Å². The van der Waals surface area contributed by atoms with Crippen LogP contribution in [0.5, 0.6) is 0 Å². The maximum atomic E-state index is 2.62. The molecule has 2 aromatic rings. The summed E-state index contributed by atoms with van der Waals surface area (Å²) in [4.78, 5) is 0. The Morgan fingerprint density at radius 2 is 1.38 bits per heavy atom. The van der Waals surface area contributed by atoms with Gasteiger partial charge in [0.1, 0.15) is 0 Å². The molecule has 2 aromatic carbocycles. The molecule has 0 amide bonds. The van der Waals surface area contributed by atoms with Crippen molar-refractivity contribution in [3.8, 4) is 0 Å². The van der Waals surface area contributed by atoms with Crippen LogP contribution < -0.4 is 0 Å². The Balaban J connectivity index is 1.47.